The summed E-state index contributed by atoms with van der Waals surface area (Å²) >= 11 is 0. The Balaban J connectivity index is 2.70. The lowest BCUT2D eigenvalue weighted by atomic mass is 9.89. The molecule has 20 heavy (non-hydrogen) atoms. The standard InChI is InChI=1S/C14H21F3N2O/c1-13(2,3)7-10(20)8-19-9-4-5-12(18)11(6-9)14(15,16)17/h4-6,10,19-20H,7-8,18H2,1-3H3. The number of anilines is 2. The molecule has 114 valence electrons. The van der Waals surface area contributed by atoms with Crippen LogP contribution in [0.2, 0.25) is 0 Å². The number of aliphatic hydroxyl groups excluding tert-OH is 1. The molecule has 0 saturated heterocycles. The number of nitrogen functional groups attached to an aromatic ring is 1. The van der Waals surface area contributed by atoms with Crippen molar-refractivity contribution < 1.29 is 18.3 Å². The van der Waals surface area contributed by atoms with Crippen LogP contribution < -0.4 is 11.1 Å². The average Bonchev–Trinajstić information content (AvgIpc) is 2.24. The van der Waals surface area contributed by atoms with Gasteiger partial charge in [-0.05, 0) is 30.0 Å². The minimum Gasteiger partial charge on any atom is -0.398 e. The molecule has 0 amide bonds. The number of alkyl halides is 3. The third kappa shape index (κ3) is 5.28. The molecule has 0 aliphatic heterocycles. The first-order valence-corrected chi connectivity index (χ1v) is 6.38. The highest BCUT2D eigenvalue weighted by molar-refractivity contribution is 5.58. The van der Waals surface area contributed by atoms with Gasteiger partial charge in [0.1, 0.15) is 0 Å². The van der Waals surface area contributed by atoms with E-state index in [2.05, 4.69) is 5.32 Å². The Morgan fingerprint density at radius 1 is 1.25 bits per heavy atom. The molecule has 1 unspecified atom stereocenters. The zero-order valence-corrected chi connectivity index (χ0v) is 11.9. The molecule has 0 aromatic heterocycles. The summed E-state index contributed by atoms with van der Waals surface area (Å²) in [5, 5.41) is 12.6. The number of hydrogen-bond donors (Lipinski definition) is 3. The average molecular weight is 290 g/mol. The second-order valence-electron chi connectivity index (χ2n) is 6.10. The molecule has 0 saturated carbocycles. The van der Waals surface area contributed by atoms with Gasteiger partial charge in [0.15, 0.2) is 0 Å². The van der Waals surface area contributed by atoms with Gasteiger partial charge >= 0.3 is 6.18 Å². The van der Waals surface area contributed by atoms with Crippen LogP contribution in [0, 0.1) is 5.41 Å². The highest BCUT2D eigenvalue weighted by atomic mass is 19.4. The lowest BCUT2D eigenvalue weighted by Gasteiger charge is -2.23. The number of benzene rings is 1. The lowest BCUT2D eigenvalue weighted by Crippen LogP contribution is -2.25. The summed E-state index contributed by atoms with van der Waals surface area (Å²) in [6, 6.07) is 3.63. The summed E-state index contributed by atoms with van der Waals surface area (Å²) in [5.41, 5.74) is 4.39. The van der Waals surface area contributed by atoms with Crippen LogP contribution in [-0.4, -0.2) is 17.8 Å². The molecule has 4 N–H and O–H groups in total. The van der Waals surface area contributed by atoms with Crippen molar-refractivity contribution in [1.29, 1.82) is 0 Å². The number of aliphatic hydroxyl groups is 1. The topological polar surface area (TPSA) is 58.3 Å². The van der Waals surface area contributed by atoms with Gasteiger partial charge in [-0.15, -0.1) is 0 Å². The zero-order chi connectivity index (χ0) is 15.6. The van der Waals surface area contributed by atoms with Gasteiger partial charge in [0.2, 0.25) is 0 Å². The fraction of sp³-hybridized carbons (Fsp3) is 0.571. The summed E-state index contributed by atoms with van der Waals surface area (Å²) in [5.74, 6) is 0. The molecule has 0 fully saturated rings. The molecule has 0 spiro atoms. The first-order valence-electron chi connectivity index (χ1n) is 6.38. The molecule has 0 aliphatic rings. The van der Waals surface area contributed by atoms with E-state index in [1.165, 1.54) is 12.1 Å². The van der Waals surface area contributed by atoms with Crippen LogP contribution in [0.15, 0.2) is 18.2 Å². The Morgan fingerprint density at radius 2 is 1.85 bits per heavy atom. The molecule has 0 bridgehead atoms. The minimum absolute atomic E-state index is 0.0423. The highest BCUT2D eigenvalue weighted by Crippen LogP contribution is 2.35. The quantitative estimate of drug-likeness (QED) is 0.744. The van der Waals surface area contributed by atoms with Crippen molar-refractivity contribution in [3.8, 4) is 0 Å². The van der Waals surface area contributed by atoms with Gasteiger partial charge in [0, 0.05) is 17.9 Å². The maximum absolute atomic E-state index is 12.7. The summed E-state index contributed by atoms with van der Waals surface area (Å²) in [6.45, 7) is 6.15. The van der Waals surface area contributed by atoms with Gasteiger partial charge in [-0.25, -0.2) is 0 Å². The predicted molar refractivity (Wildman–Crippen MR) is 74.4 cm³/mol. The molecular formula is C14H21F3N2O. The van der Waals surface area contributed by atoms with Crippen molar-refractivity contribution in [2.45, 2.75) is 39.5 Å². The first-order chi connectivity index (χ1) is 8.99. The van der Waals surface area contributed by atoms with Crippen molar-refractivity contribution in [2.75, 3.05) is 17.6 Å². The number of hydrogen-bond acceptors (Lipinski definition) is 3. The molecular weight excluding hydrogens is 269 g/mol. The third-order valence-electron chi connectivity index (χ3n) is 2.75. The minimum atomic E-state index is -4.48. The molecule has 1 atom stereocenters. The van der Waals surface area contributed by atoms with E-state index in [1.54, 1.807) is 0 Å². The van der Waals surface area contributed by atoms with Crippen molar-refractivity contribution in [1.82, 2.24) is 0 Å². The van der Waals surface area contributed by atoms with E-state index in [9.17, 15) is 18.3 Å². The molecule has 1 rings (SSSR count). The Hall–Kier alpha value is -1.43. The van der Waals surface area contributed by atoms with Gasteiger partial charge in [-0.3, -0.25) is 0 Å². The number of rotatable bonds is 4. The van der Waals surface area contributed by atoms with Crippen LogP contribution >= 0.6 is 0 Å². The largest absolute Gasteiger partial charge is 0.418 e. The molecule has 0 radical (unpaired) electrons. The highest BCUT2D eigenvalue weighted by Gasteiger charge is 2.33. The van der Waals surface area contributed by atoms with Crippen LogP contribution in [0.1, 0.15) is 32.8 Å². The van der Waals surface area contributed by atoms with E-state index in [0.29, 0.717) is 12.1 Å². The van der Waals surface area contributed by atoms with Crippen molar-refractivity contribution in [3.63, 3.8) is 0 Å². The van der Waals surface area contributed by atoms with Crippen molar-refractivity contribution in [2.24, 2.45) is 5.41 Å². The van der Waals surface area contributed by atoms with Gasteiger partial charge in [-0.1, -0.05) is 20.8 Å². The zero-order valence-electron chi connectivity index (χ0n) is 11.9. The second kappa shape index (κ2) is 5.91. The Bertz CT molecular complexity index is 453. The number of nitrogens with two attached hydrogens (primary N) is 1. The van der Waals surface area contributed by atoms with E-state index in [1.807, 2.05) is 20.8 Å². The van der Waals surface area contributed by atoms with E-state index < -0.39 is 17.8 Å². The summed E-state index contributed by atoms with van der Waals surface area (Å²) in [6.07, 6.45) is -4.55. The Morgan fingerprint density at radius 3 is 2.35 bits per heavy atom. The Kier molecular flexibility index (Phi) is 4.91. The molecule has 0 heterocycles. The molecule has 1 aromatic rings. The normalized spacial score (nSPS) is 14.2. The monoisotopic (exact) mass is 290 g/mol. The lowest BCUT2D eigenvalue weighted by molar-refractivity contribution is -0.136. The number of halogens is 3. The van der Waals surface area contributed by atoms with E-state index in [0.717, 1.165) is 6.07 Å². The van der Waals surface area contributed by atoms with Crippen LogP contribution in [0.4, 0.5) is 24.5 Å². The molecule has 1 aromatic carbocycles. The van der Waals surface area contributed by atoms with E-state index in [-0.39, 0.29) is 17.6 Å². The van der Waals surface area contributed by atoms with Crippen LogP contribution in [0.5, 0.6) is 0 Å². The SMILES string of the molecule is CC(C)(C)CC(O)CNc1ccc(N)c(C(F)(F)F)c1. The predicted octanol–water partition coefficient (Wildman–Crippen LogP) is 3.50. The maximum atomic E-state index is 12.7. The van der Waals surface area contributed by atoms with E-state index in [4.69, 9.17) is 5.73 Å². The van der Waals surface area contributed by atoms with Gasteiger partial charge in [0.05, 0.1) is 11.7 Å². The van der Waals surface area contributed by atoms with Crippen molar-refractivity contribution >= 4 is 11.4 Å². The fourth-order valence-corrected chi connectivity index (χ4v) is 1.93. The first kappa shape index (κ1) is 16.6. The van der Waals surface area contributed by atoms with Gasteiger partial charge in [0.25, 0.3) is 0 Å². The van der Waals surface area contributed by atoms with E-state index >= 15 is 0 Å². The van der Waals surface area contributed by atoms with Crippen molar-refractivity contribution in [3.05, 3.63) is 23.8 Å². The van der Waals surface area contributed by atoms with Gasteiger partial charge < -0.3 is 16.2 Å². The fourth-order valence-electron chi connectivity index (χ4n) is 1.93. The summed E-state index contributed by atoms with van der Waals surface area (Å²) < 4.78 is 38.1. The van der Waals surface area contributed by atoms with Gasteiger partial charge in [-0.2, -0.15) is 13.2 Å². The molecule has 3 nitrogen and oxygen atoms in total. The maximum Gasteiger partial charge on any atom is 0.418 e. The van der Waals surface area contributed by atoms with Crippen LogP contribution in [0.3, 0.4) is 0 Å². The molecule has 0 aliphatic carbocycles. The smallest absolute Gasteiger partial charge is 0.398 e. The second-order valence-corrected chi connectivity index (χ2v) is 6.10. The summed E-state index contributed by atoms with van der Waals surface area (Å²) in [4.78, 5) is 0. The molecule has 6 heteroatoms. The van der Waals surface area contributed by atoms with Crippen LogP contribution in [0.25, 0.3) is 0 Å². The van der Waals surface area contributed by atoms with Crippen LogP contribution in [-0.2, 0) is 6.18 Å². The number of nitrogens with one attached hydrogen (secondary N) is 1. The Labute approximate surface area is 117 Å². The third-order valence-corrected chi connectivity index (χ3v) is 2.75. The summed E-state index contributed by atoms with van der Waals surface area (Å²) in [7, 11) is 0.